The van der Waals surface area contributed by atoms with E-state index in [0.717, 1.165) is 0 Å². The van der Waals surface area contributed by atoms with Gasteiger partial charge in [-0.1, -0.05) is 0 Å². The third-order valence-electron chi connectivity index (χ3n) is 4.09. The van der Waals surface area contributed by atoms with Crippen molar-refractivity contribution in [2.75, 3.05) is 19.5 Å². The van der Waals surface area contributed by atoms with E-state index in [2.05, 4.69) is 26.3 Å². The van der Waals surface area contributed by atoms with E-state index in [9.17, 15) is 14.9 Å². The van der Waals surface area contributed by atoms with Crippen LogP contribution in [-0.4, -0.2) is 34.8 Å². The van der Waals surface area contributed by atoms with Gasteiger partial charge in [0.25, 0.3) is 11.6 Å². The second kappa shape index (κ2) is 8.31. The van der Waals surface area contributed by atoms with Gasteiger partial charge < -0.3 is 14.8 Å². The Balaban J connectivity index is 1.93. The van der Waals surface area contributed by atoms with Crippen molar-refractivity contribution in [3.05, 3.63) is 68.3 Å². The molecule has 0 aliphatic rings. The molecule has 0 unspecified atom stereocenters. The monoisotopic (exact) mass is 460 g/mol. The summed E-state index contributed by atoms with van der Waals surface area (Å²) in [6, 6.07) is 10.7. The van der Waals surface area contributed by atoms with Crippen molar-refractivity contribution in [3.63, 3.8) is 0 Å². The number of hydrogen-bond donors (Lipinski definition) is 1. The number of hydrogen-bond acceptors (Lipinski definition) is 6. The van der Waals surface area contributed by atoms with Crippen LogP contribution in [0.2, 0.25) is 0 Å². The highest BCUT2D eigenvalue weighted by Crippen LogP contribution is 2.35. The van der Waals surface area contributed by atoms with Crippen LogP contribution in [0.3, 0.4) is 0 Å². The van der Waals surface area contributed by atoms with E-state index in [-0.39, 0.29) is 5.69 Å². The predicted octanol–water partition coefficient (Wildman–Crippen LogP) is 4.12. The molecule has 10 heteroatoms. The van der Waals surface area contributed by atoms with Gasteiger partial charge in [-0.2, -0.15) is 5.10 Å². The number of aryl methyl sites for hydroxylation is 1. The molecular formula is C19H17BrN4O5. The number of ether oxygens (including phenoxy) is 2. The number of carbonyl (C=O) groups excluding carboxylic acids is 1. The maximum atomic E-state index is 12.8. The fraction of sp³-hybridized carbons (Fsp3) is 0.158. The van der Waals surface area contributed by atoms with Gasteiger partial charge in [-0.3, -0.25) is 14.9 Å². The quantitative estimate of drug-likeness (QED) is 0.437. The average Bonchev–Trinajstić information content (AvgIpc) is 3.08. The highest BCUT2D eigenvalue weighted by molar-refractivity contribution is 9.10. The molecule has 0 aliphatic carbocycles. The Morgan fingerprint density at radius 1 is 1.14 bits per heavy atom. The summed E-state index contributed by atoms with van der Waals surface area (Å²) in [6.07, 6.45) is 0. The topological polar surface area (TPSA) is 109 Å². The predicted molar refractivity (Wildman–Crippen MR) is 110 cm³/mol. The van der Waals surface area contributed by atoms with Crippen molar-refractivity contribution < 1.29 is 19.2 Å². The van der Waals surface area contributed by atoms with Gasteiger partial charge >= 0.3 is 0 Å². The fourth-order valence-electron chi connectivity index (χ4n) is 2.69. The number of methoxy groups -OCH3 is 2. The van der Waals surface area contributed by atoms with Crippen LogP contribution in [-0.2, 0) is 0 Å². The molecule has 29 heavy (non-hydrogen) atoms. The van der Waals surface area contributed by atoms with Gasteiger partial charge in [0, 0.05) is 23.8 Å². The Morgan fingerprint density at radius 2 is 1.72 bits per heavy atom. The lowest BCUT2D eigenvalue weighted by molar-refractivity contribution is -0.384. The molecule has 2 aromatic carbocycles. The van der Waals surface area contributed by atoms with E-state index in [1.807, 2.05) is 0 Å². The number of carbonyl (C=O) groups is 1. The number of rotatable bonds is 6. The first-order chi connectivity index (χ1) is 13.8. The van der Waals surface area contributed by atoms with Crippen LogP contribution in [0.25, 0.3) is 5.69 Å². The number of amides is 1. The van der Waals surface area contributed by atoms with Crippen LogP contribution in [0.1, 0.15) is 16.1 Å². The van der Waals surface area contributed by atoms with Crippen LogP contribution in [0.4, 0.5) is 11.5 Å². The zero-order valence-electron chi connectivity index (χ0n) is 15.8. The van der Waals surface area contributed by atoms with Crippen LogP contribution in [0.5, 0.6) is 11.5 Å². The van der Waals surface area contributed by atoms with Crippen molar-refractivity contribution in [2.24, 2.45) is 0 Å². The minimum Gasteiger partial charge on any atom is -0.495 e. The molecule has 0 aliphatic heterocycles. The lowest BCUT2D eigenvalue weighted by Gasteiger charge is -2.12. The van der Waals surface area contributed by atoms with Crippen molar-refractivity contribution in [1.29, 1.82) is 0 Å². The fourth-order valence-corrected chi connectivity index (χ4v) is 3.24. The maximum absolute atomic E-state index is 12.8. The Morgan fingerprint density at radius 3 is 2.24 bits per heavy atom. The number of anilines is 1. The van der Waals surface area contributed by atoms with Gasteiger partial charge in [0.1, 0.15) is 21.8 Å². The molecule has 0 radical (unpaired) electrons. The van der Waals surface area contributed by atoms with Crippen LogP contribution >= 0.6 is 15.9 Å². The zero-order valence-corrected chi connectivity index (χ0v) is 17.4. The second-order valence-corrected chi connectivity index (χ2v) is 6.80. The largest absolute Gasteiger partial charge is 0.495 e. The van der Waals surface area contributed by atoms with E-state index in [4.69, 9.17) is 9.47 Å². The third-order valence-corrected chi connectivity index (χ3v) is 4.87. The summed E-state index contributed by atoms with van der Waals surface area (Å²) in [4.78, 5) is 23.2. The molecule has 1 aromatic heterocycles. The van der Waals surface area contributed by atoms with E-state index in [1.165, 1.54) is 31.0 Å². The standard InChI is InChI=1S/C19H17BrN4O5/c1-11-8-17(23(22-11)13-4-6-14(7-5-13)24(26)27)21-19(25)12-9-15(28-2)18(20)16(10-12)29-3/h4-10H,1-3H3,(H,21,25). The minimum atomic E-state index is -0.477. The first-order valence-corrected chi connectivity index (χ1v) is 9.17. The molecule has 1 heterocycles. The third kappa shape index (κ3) is 4.21. The molecule has 0 saturated heterocycles. The molecule has 0 saturated carbocycles. The van der Waals surface area contributed by atoms with Crippen LogP contribution < -0.4 is 14.8 Å². The van der Waals surface area contributed by atoms with Gasteiger partial charge in [0.05, 0.1) is 30.5 Å². The highest BCUT2D eigenvalue weighted by Gasteiger charge is 2.17. The number of nitrogens with one attached hydrogen (secondary N) is 1. The van der Waals surface area contributed by atoms with Crippen molar-refractivity contribution in [2.45, 2.75) is 6.92 Å². The molecule has 9 nitrogen and oxygen atoms in total. The lowest BCUT2D eigenvalue weighted by Crippen LogP contribution is -2.15. The first-order valence-electron chi connectivity index (χ1n) is 8.38. The van der Waals surface area contributed by atoms with E-state index in [0.29, 0.717) is 38.7 Å². The Labute approximate surface area is 174 Å². The molecule has 0 spiro atoms. The van der Waals surface area contributed by atoms with E-state index < -0.39 is 10.8 Å². The molecule has 0 atom stereocenters. The number of benzene rings is 2. The molecule has 3 rings (SSSR count). The van der Waals surface area contributed by atoms with E-state index in [1.54, 1.807) is 37.3 Å². The molecule has 0 bridgehead atoms. The van der Waals surface area contributed by atoms with Gasteiger partial charge in [0.15, 0.2) is 0 Å². The normalized spacial score (nSPS) is 10.5. The van der Waals surface area contributed by atoms with E-state index >= 15 is 0 Å². The maximum Gasteiger partial charge on any atom is 0.269 e. The number of nitro benzene ring substituents is 1. The van der Waals surface area contributed by atoms with Gasteiger partial charge in [-0.05, 0) is 47.1 Å². The second-order valence-electron chi connectivity index (χ2n) is 6.01. The molecule has 1 N–H and O–H groups in total. The molecule has 1 amide bonds. The Hall–Kier alpha value is -3.40. The average molecular weight is 461 g/mol. The van der Waals surface area contributed by atoms with Crippen LogP contribution in [0, 0.1) is 17.0 Å². The summed E-state index contributed by atoms with van der Waals surface area (Å²) in [5.41, 5.74) is 1.54. The molecule has 3 aromatic rings. The van der Waals surface area contributed by atoms with Crippen molar-refractivity contribution >= 4 is 33.3 Å². The summed E-state index contributed by atoms with van der Waals surface area (Å²) in [6.45, 7) is 1.78. The number of nitro groups is 1. The summed E-state index contributed by atoms with van der Waals surface area (Å²) < 4.78 is 12.7. The number of non-ortho nitro benzene ring substituents is 1. The van der Waals surface area contributed by atoms with Crippen LogP contribution in [0.15, 0.2) is 46.9 Å². The first kappa shape index (κ1) is 20.3. The minimum absolute atomic E-state index is 0.0303. The summed E-state index contributed by atoms with van der Waals surface area (Å²) >= 11 is 3.37. The highest BCUT2D eigenvalue weighted by atomic mass is 79.9. The Kier molecular flexibility index (Phi) is 5.83. The molecule has 150 valence electrons. The Bertz CT molecular complexity index is 1050. The van der Waals surface area contributed by atoms with Crippen molar-refractivity contribution in [3.8, 4) is 17.2 Å². The number of nitrogens with zero attached hydrogens (tertiary/aromatic N) is 3. The molecular weight excluding hydrogens is 444 g/mol. The lowest BCUT2D eigenvalue weighted by atomic mass is 10.2. The summed E-state index contributed by atoms with van der Waals surface area (Å²) in [5.74, 6) is 0.934. The number of aromatic nitrogens is 2. The zero-order chi connectivity index (χ0) is 21.1. The summed E-state index contributed by atoms with van der Waals surface area (Å²) in [7, 11) is 2.99. The smallest absolute Gasteiger partial charge is 0.269 e. The summed E-state index contributed by atoms with van der Waals surface area (Å²) in [5, 5.41) is 18.0. The van der Waals surface area contributed by atoms with Gasteiger partial charge in [-0.15, -0.1) is 0 Å². The SMILES string of the molecule is COc1cc(C(=O)Nc2cc(C)nn2-c2ccc([N+](=O)[O-])cc2)cc(OC)c1Br. The number of halogens is 1. The van der Waals surface area contributed by atoms with Gasteiger partial charge in [-0.25, -0.2) is 4.68 Å². The van der Waals surface area contributed by atoms with Crippen molar-refractivity contribution in [1.82, 2.24) is 9.78 Å². The molecule has 0 fully saturated rings. The van der Waals surface area contributed by atoms with Gasteiger partial charge in [0.2, 0.25) is 0 Å².